The summed E-state index contributed by atoms with van der Waals surface area (Å²) in [6, 6.07) is 7.97. The van der Waals surface area contributed by atoms with Crippen LogP contribution in [0.2, 0.25) is 0 Å². The zero-order chi connectivity index (χ0) is 23.5. The van der Waals surface area contributed by atoms with Crippen molar-refractivity contribution >= 4 is 16.7 Å². The average molecular weight is 452 g/mol. The lowest BCUT2D eigenvalue weighted by molar-refractivity contribution is 0.0725. The van der Waals surface area contributed by atoms with Gasteiger partial charge in [-0.2, -0.15) is 0 Å². The monoisotopic (exact) mass is 452 g/mol. The summed E-state index contributed by atoms with van der Waals surface area (Å²) in [7, 11) is 0. The molecule has 0 radical (unpaired) electrons. The van der Waals surface area contributed by atoms with Crippen LogP contribution in [-0.4, -0.2) is 5.97 Å². The Hall–Kier alpha value is -3.59. The van der Waals surface area contributed by atoms with Gasteiger partial charge in [0.05, 0.1) is 0 Å². The number of carbonyl (C=O) groups is 1. The maximum atomic E-state index is 14.6. The second kappa shape index (κ2) is 9.50. The van der Waals surface area contributed by atoms with E-state index in [-0.39, 0.29) is 22.6 Å². The van der Waals surface area contributed by atoms with Crippen molar-refractivity contribution in [2.24, 2.45) is 11.8 Å². The molecule has 0 atom stereocenters. The molecule has 0 amide bonds. The first-order valence-corrected chi connectivity index (χ1v) is 10.6. The standard InChI is InChI=1S/C27H20F4O2/c1-2-16-3-5-17(6-4-16)7-8-18-11-24(30)26(25(31)12-18)27(32)33-21-10-9-19-14-22(28)23(29)15-20(19)13-21/h2,9-17H,1,3-6H2. The van der Waals surface area contributed by atoms with E-state index in [1.807, 2.05) is 6.08 Å². The van der Waals surface area contributed by atoms with Crippen LogP contribution >= 0.6 is 0 Å². The Labute approximate surface area is 188 Å². The van der Waals surface area contributed by atoms with E-state index in [1.54, 1.807) is 0 Å². The smallest absolute Gasteiger partial charge is 0.349 e. The van der Waals surface area contributed by atoms with Gasteiger partial charge in [-0.15, -0.1) is 6.58 Å². The third-order valence-electron chi connectivity index (χ3n) is 5.83. The van der Waals surface area contributed by atoms with E-state index >= 15 is 0 Å². The van der Waals surface area contributed by atoms with Crippen molar-refractivity contribution < 1.29 is 27.1 Å². The summed E-state index contributed by atoms with van der Waals surface area (Å²) >= 11 is 0. The number of rotatable bonds is 3. The molecule has 1 fully saturated rings. The van der Waals surface area contributed by atoms with Gasteiger partial charge in [0.1, 0.15) is 22.9 Å². The molecule has 0 saturated heterocycles. The molecule has 0 unspecified atom stereocenters. The van der Waals surface area contributed by atoms with Gasteiger partial charge in [0, 0.05) is 11.5 Å². The van der Waals surface area contributed by atoms with E-state index in [0.717, 1.165) is 49.9 Å². The summed E-state index contributed by atoms with van der Waals surface area (Å²) < 4.78 is 61.0. The van der Waals surface area contributed by atoms with E-state index in [0.29, 0.717) is 11.3 Å². The molecule has 1 aliphatic carbocycles. The molecule has 168 valence electrons. The number of carbonyl (C=O) groups excluding carboxylic acids is 1. The number of ether oxygens (including phenoxy) is 1. The van der Waals surface area contributed by atoms with Crippen molar-refractivity contribution in [3.63, 3.8) is 0 Å². The topological polar surface area (TPSA) is 26.3 Å². The predicted octanol–water partition coefficient (Wildman–Crippen LogP) is 6.96. The molecule has 4 rings (SSSR count). The Kier molecular flexibility index (Phi) is 6.50. The minimum Gasteiger partial charge on any atom is -0.423 e. The summed E-state index contributed by atoms with van der Waals surface area (Å²) in [6.07, 6.45) is 5.74. The van der Waals surface area contributed by atoms with Crippen LogP contribution in [-0.2, 0) is 0 Å². The number of hydrogen-bond acceptors (Lipinski definition) is 2. The first-order valence-electron chi connectivity index (χ1n) is 10.6. The van der Waals surface area contributed by atoms with Crippen LogP contribution in [0.1, 0.15) is 41.6 Å². The van der Waals surface area contributed by atoms with Gasteiger partial charge < -0.3 is 4.74 Å². The lowest BCUT2D eigenvalue weighted by atomic mass is 9.82. The Morgan fingerprint density at radius 1 is 0.879 bits per heavy atom. The van der Waals surface area contributed by atoms with Gasteiger partial charge in [-0.05, 0) is 78.8 Å². The molecular formula is C27H20F4O2. The molecule has 0 aliphatic heterocycles. The second-order valence-electron chi connectivity index (χ2n) is 8.10. The molecule has 1 saturated carbocycles. The summed E-state index contributed by atoms with van der Waals surface area (Å²) in [5.41, 5.74) is -0.715. The summed E-state index contributed by atoms with van der Waals surface area (Å²) in [6.45, 7) is 3.81. The fourth-order valence-electron chi connectivity index (χ4n) is 3.97. The van der Waals surface area contributed by atoms with Gasteiger partial charge in [-0.1, -0.05) is 24.0 Å². The summed E-state index contributed by atoms with van der Waals surface area (Å²) in [4.78, 5) is 12.4. The van der Waals surface area contributed by atoms with Crippen LogP contribution in [0.4, 0.5) is 17.6 Å². The average Bonchev–Trinajstić information content (AvgIpc) is 2.78. The SMILES string of the molecule is C=CC1CCC(C#Cc2cc(F)c(C(=O)Oc3ccc4cc(F)c(F)cc4c3)c(F)c2)CC1. The van der Waals surface area contributed by atoms with Crippen LogP contribution in [0.25, 0.3) is 10.8 Å². The van der Waals surface area contributed by atoms with Crippen molar-refractivity contribution in [1.82, 2.24) is 0 Å². The third-order valence-corrected chi connectivity index (χ3v) is 5.83. The largest absolute Gasteiger partial charge is 0.423 e. The first kappa shape index (κ1) is 22.6. The summed E-state index contributed by atoms with van der Waals surface area (Å²) in [5, 5.41) is 0.653. The molecule has 0 N–H and O–H groups in total. The quantitative estimate of drug-likeness (QED) is 0.141. The number of benzene rings is 3. The van der Waals surface area contributed by atoms with Gasteiger partial charge in [0.15, 0.2) is 11.6 Å². The maximum absolute atomic E-state index is 14.6. The molecule has 0 bridgehead atoms. The van der Waals surface area contributed by atoms with Crippen LogP contribution < -0.4 is 4.74 Å². The molecule has 0 heterocycles. The van der Waals surface area contributed by atoms with Gasteiger partial charge in [-0.3, -0.25) is 0 Å². The highest BCUT2D eigenvalue weighted by Crippen LogP contribution is 2.29. The molecular weight excluding hydrogens is 432 g/mol. The predicted molar refractivity (Wildman–Crippen MR) is 118 cm³/mol. The Morgan fingerprint density at radius 3 is 2.15 bits per heavy atom. The first-order chi connectivity index (χ1) is 15.8. The third kappa shape index (κ3) is 5.09. The minimum atomic E-state index is -1.24. The Bertz CT molecular complexity index is 1270. The molecule has 33 heavy (non-hydrogen) atoms. The highest BCUT2D eigenvalue weighted by atomic mass is 19.2. The Morgan fingerprint density at radius 2 is 1.52 bits per heavy atom. The minimum absolute atomic E-state index is 0.0590. The lowest BCUT2D eigenvalue weighted by Gasteiger charge is -2.22. The zero-order valence-corrected chi connectivity index (χ0v) is 17.6. The molecule has 3 aromatic rings. The van der Waals surface area contributed by atoms with E-state index in [1.165, 1.54) is 18.2 Å². The number of allylic oxidation sites excluding steroid dienone is 1. The van der Waals surface area contributed by atoms with Crippen molar-refractivity contribution in [1.29, 1.82) is 0 Å². The normalized spacial score (nSPS) is 17.8. The van der Waals surface area contributed by atoms with Crippen molar-refractivity contribution in [2.45, 2.75) is 25.7 Å². The van der Waals surface area contributed by atoms with Crippen LogP contribution in [0.15, 0.2) is 55.1 Å². The molecule has 6 heteroatoms. The number of fused-ring (bicyclic) bond motifs is 1. The summed E-state index contributed by atoms with van der Waals surface area (Å²) in [5.74, 6) is 0.957. The maximum Gasteiger partial charge on any atom is 0.349 e. The van der Waals surface area contributed by atoms with Crippen LogP contribution in [0, 0.1) is 46.9 Å². The van der Waals surface area contributed by atoms with Crippen molar-refractivity contribution in [3.8, 4) is 17.6 Å². The van der Waals surface area contributed by atoms with E-state index in [2.05, 4.69) is 18.4 Å². The molecule has 0 aromatic heterocycles. The lowest BCUT2D eigenvalue weighted by Crippen LogP contribution is -2.13. The van der Waals surface area contributed by atoms with Crippen LogP contribution in [0.3, 0.4) is 0 Å². The molecule has 1 aliphatic rings. The number of hydrogen-bond donors (Lipinski definition) is 0. The zero-order valence-electron chi connectivity index (χ0n) is 17.6. The highest BCUT2D eigenvalue weighted by molar-refractivity contribution is 5.93. The van der Waals surface area contributed by atoms with Gasteiger partial charge in [0.25, 0.3) is 0 Å². The number of esters is 1. The molecule has 2 nitrogen and oxygen atoms in total. The van der Waals surface area contributed by atoms with E-state index < -0.39 is 34.8 Å². The van der Waals surface area contributed by atoms with E-state index in [4.69, 9.17) is 4.74 Å². The van der Waals surface area contributed by atoms with Gasteiger partial charge in [-0.25, -0.2) is 22.4 Å². The molecule has 3 aromatic carbocycles. The van der Waals surface area contributed by atoms with Crippen molar-refractivity contribution in [3.05, 3.63) is 89.5 Å². The highest BCUT2D eigenvalue weighted by Gasteiger charge is 2.21. The van der Waals surface area contributed by atoms with Crippen molar-refractivity contribution in [2.75, 3.05) is 0 Å². The van der Waals surface area contributed by atoms with Gasteiger partial charge in [0.2, 0.25) is 0 Å². The van der Waals surface area contributed by atoms with Crippen LogP contribution in [0.5, 0.6) is 5.75 Å². The molecule has 0 spiro atoms. The number of halogens is 4. The fourth-order valence-corrected chi connectivity index (χ4v) is 3.97. The van der Waals surface area contributed by atoms with E-state index in [9.17, 15) is 22.4 Å². The second-order valence-corrected chi connectivity index (χ2v) is 8.10. The fraction of sp³-hybridized carbons (Fsp3) is 0.222. The van der Waals surface area contributed by atoms with Gasteiger partial charge >= 0.3 is 5.97 Å². The Balaban J connectivity index is 1.51.